The average Bonchev–Trinajstić information content (AvgIpc) is 2.55. The number of ether oxygens (including phenoxy) is 2. The minimum absolute atomic E-state index is 0.201. The summed E-state index contributed by atoms with van der Waals surface area (Å²) in [6.07, 6.45) is 4.33. The fourth-order valence-electron chi connectivity index (χ4n) is 2.08. The van der Waals surface area contributed by atoms with Gasteiger partial charge in [0.05, 0.1) is 12.7 Å². The molecule has 0 amide bonds. The van der Waals surface area contributed by atoms with Crippen molar-refractivity contribution in [3.05, 3.63) is 0 Å². The molecule has 1 aliphatic heterocycles. The largest absolute Gasteiger partial charge is 0.381 e. The van der Waals surface area contributed by atoms with E-state index in [1.54, 1.807) is 14.0 Å². The van der Waals surface area contributed by atoms with Gasteiger partial charge in [-0.3, -0.25) is 4.79 Å². The molecule has 1 aliphatic rings. The number of nitrogens with zero attached hydrogens (tertiary/aromatic N) is 1. The number of likely N-dealkylation sites (tertiary alicyclic amines) is 1. The number of carbonyl (C=O) groups excluding carboxylic acids is 1. The van der Waals surface area contributed by atoms with Crippen molar-refractivity contribution in [1.29, 1.82) is 0 Å². The van der Waals surface area contributed by atoms with Gasteiger partial charge < -0.3 is 14.4 Å². The van der Waals surface area contributed by atoms with Gasteiger partial charge in [-0.1, -0.05) is 27.7 Å². The molecular formula is C17H37NO3. The Balaban J connectivity index is 0. The van der Waals surface area contributed by atoms with Crippen molar-refractivity contribution in [2.75, 3.05) is 40.0 Å². The van der Waals surface area contributed by atoms with Crippen molar-refractivity contribution in [1.82, 2.24) is 4.90 Å². The first-order chi connectivity index (χ1) is 10.2. The Morgan fingerprint density at radius 2 is 1.67 bits per heavy atom. The van der Waals surface area contributed by atoms with Gasteiger partial charge in [0.1, 0.15) is 5.78 Å². The molecule has 0 aromatic rings. The second kappa shape index (κ2) is 17.6. The molecule has 1 heterocycles. The van der Waals surface area contributed by atoms with Crippen LogP contribution in [0.3, 0.4) is 0 Å². The third kappa shape index (κ3) is 14.3. The number of methoxy groups -OCH3 is 1. The van der Waals surface area contributed by atoms with E-state index in [2.05, 4.69) is 4.90 Å². The zero-order valence-corrected chi connectivity index (χ0v) is 15.1. The predicted molar refractivity (Wildman–Crippen MR) is 89.9 cm³/mol. The Hall–Kier alpha value is -0.450. The van der Waals surface area contributed by atoms with Crippen molar-refractivity contribution >= 4 is 5.78 Å². The van der Waals surface area contributed by atoms with Crippen LogP contribution in [0.15, 0.2) is 0 Å². The normalized spacial score (nSPS) is 15.5. The van der Waals surface area contributed by atoms with Crippen LogP contribution in [-0.2, 0) is 14.3 Å². The van der Waals surface area contributed by atoms with Crippen molar-refractivity contribution in [3.63, 3.8) is 0 Å². The van der Waals surface area contributed by atoms with Gasteiger partial charge in [-0.05, 0) is 26.2 Å². The first kappa shape index (κ1) is 22.8. The minimum atomic E-state index is 0.201. The summed E-state index contributed by atoms with van der Waals surface area (Å²) in [4.78, 5) is 13.1. The van der Waals surface area contributed by atoms with Gasteiger partial charge in [-0.25, -0.2) is 0 Å². The Bertz CT molecular complexity index is 214. The summed E-state index contributed by atoms with van der Waals surface area (Å²) in [6.45, 7) is 14.3. The van der Waals surface area contributed by atoms with Crippen LogP contribution in [0.4, 0.5) is 0 Å². The Morgan fingerprint density at radius 1 is 1.10 bits per heavy atom. The zero-order valence-electron chi connectivity index (χ0n) is 15.1. The lowest BCUT2D eigenvalue weighted by molar-refractivity contribution is -0.118. The third-order valence-electron chi connectivity index (χ3n) is 3.23. The van der Waals surface area contributed by atoms with E-state index in [9.17, 15) is 4.79 Å². The van der Waals surface area contributed by atoms with Gasteiger partial charge in [-0.2, -0.15) is 0 Å². The molecule has 0 spiro atoms. The minimum Gasteiger partial charge on any atom is -0.381 e. The van der Waals surface area contributed by atoms with Crippen LogP contribution in [0, 0.1) is 0 Å². The van der Waals surface area contributed by atoms with E-state index in [1.165, 1.54) is 0 Å². The van der Waals surface area contributed by atoms with Crippen molar-refractivity contribution in [2.45, 2.75) is 66.4 Å². The molecule has 0 aromatic carbocycles. The maximum Gasteiger partial charge on any atom is 0.132 e. The highest BCUT2D eigenvalue weighted by Gasteiger charge is 2.17. The van der Waals surface area contributed by atoms with E-state index in [0.29, 0.717) is 19.1 Å². The first-order valence-electron chi connectivity index (χ1n) is 8.54. The summed E-state index contributed by atoms with van der Waals surface area (Å²) in [5, 5.41) is 0. The van der Waals surface area contributed by atoms with E-state index in [1.807, 2.05) is 27.7 Å². The maximum absolute atomic E-state index is 10.7. The van der Waals surface area contributed by atoms with Gasteiger partial charge >= 0.3 is 0 Å². The summed E-state index contributed by atoms with van der Waals surface area (Å²) in [5.41, 5.74) is 0. The molecule has 0 unspecified atom stereocenters. The molecule has 1 rings (SSSR count). The van der Waals surface area contributed by atoms with Gasteiger partial charge in [0.25, 0.3) is 0 Å². The van der Waals surface area contributed by atoms with Crippen LogP contribution in [-0.4, -0.2) is 56.7 Å². The number of ketones is 1. The molecule has 0 aromatic heterocycles. The molecule has 128 valence electrons. The Morgan fingerprint density at radius 3 is 2.14 bits per heavy atom. The summed E-state index contributed by atoms with van der Waals surface area (Å²) in [6, 6.07) is 0. The van der Waals surface area contributed by atoms with Gasteiger partial charge in [-0.15, -0.1) is 0 Å². The van der Waals surface area contributed by atoms with Crippen molar-refractivity contribution < 1.29 is 14.3 Å². The second-order valence-electron chi connectivity index (χ2n) is 4.69. The van der Waals surface area contributed by atoms with E-state index in [4.69, 9.17) is 9.47 Å². The van der Waals surface area contributed by atoms with Crippen LogP contribution < -0.4 is 0 Å². The molecule has 4 heteroatoms. The number of hydrogen-bond donors (Lipinski definition) is 0. The van der Waals surface area contributed by atoms with Crippen LogP contribution in [0.2, 0.25) is 0 Å². The smallest absolute Gasteiger partial charge is 0.132 e. The molecule has 1 fully saturated rings. The van der Waals surface area contributed by atoms with Crippen molar-refractivity contribution in [2.24, 2.45) is 0 Å². The summed E-state index contributed by atoms with van der Waals surface area (Å²) in [7, 11) is 1.79. The van der Waals surface area contributed by atoms with Crippen LogP contribution >= 0.6 is 0 Å². The summed E-state index contributed by atoms with van der Waals surface area (Å²) >= 11 is 0. The lowest BCUT2D eigenvalue weighted by atomic mass is 10.1. The average molecular weight is 303 g/mol. The number of hydrogen-bond acceptors (Lipinski definition) is 4. The third-order valence-corrected chi connectivity index (χ3v) is 3.23. The fraction of sp³-hybridized carbons (Fsp3) is 0.941. The highest BCUT2D eigenvalue weighted by Crippen LogP contribution is 2.12. The van der Waals surface area contributed by atoms with Crippen LogP contribution in [0.1, 0.15) is 60.3 Å². The lowest BCUT2D eigenvalue weighted by Gasteiger charge is -2.31. The number of rotatable bonds is 8. The monoisotopic (exact) mass is 303 g/mol. The number of piperidine rings is 1. The Kier molecular flexibility index (Phi) is 19.1. The van der Waals surface area contributed by atoms with E-state index >= 15 is 0 Å². The molecule has 0 radical (unpaired) electrons. The molecule has 21 heavy (non-hydrogen) atoms. The van der Waals surface area contributed by atoms with E-state index in [0.717, 1.165) is 45.5 Å². The molecule has 0 N–H and O–H groups in total. The van der Waals surface area contributed by atoms with Gasteiger partial charge in [0.2, 0.25) is 0 Å². The SMILES string of the molecule is CC.CC.COC1CCN(CCCOCCC(C)=O)CC1. The standard InChI is InChI=1S/C13H25NO3.2C2H6/c1-12(15)6-11-17-10-3-7-14-8-4-13(16-2)5-9-14;2*1-2/h13H,3-11H2,1-2H3;2*1-2H3. The highest BCUT2D eigenvalue weighted by atomic mass is 16.5. The molecule has 0 saturated carbocycles. The molecule has 0 atom stereocenters. The number of carbonyl (C=O) groups is 1. The molecule has 0 bridgehead atoms. The van der Waals surface area contributed by atoms with E-state index < -0.39 is 0 Å². The highest BCUT2D eigenvalue weighted by molar-refractivity contribution is 5.75. The van der Waals surface area contributed by atoms with Gasteiger partial charge in [0, 0.05) is 39.8 Å². The Labute approximate surface area is 132 Å². The second-order valence-corrected chi connectivity index (χ2v) is 4.69. The van der Waals surface area contributed by atoms with Crippen molar-refractivity contribution in [3.8, 4) is 0 Å². The summed E-state index contributed by atoms with van der Waals surface area (Å²) < 4.78 is 10.7. The quantitative estimate of drug-likeness (QED) is 0.643. The summed E-state index contributed by atoms with van der Waals surface area (Å²) in [5.74, 6) is 0.201. The molecule has 0 aliphatic carbocycles. The van der Waals surface area contributed by atoms with Crippen LogP contribution in [0.5, 0.6) is 0 Å². The lowest BCUT2D eigenvalue weighted by Crippen LogP contribution is -2.37. The maximum atomic E-state index is 10.7. The van der Waals surface area contributed by atoms with Crippen LogP contribution in [0.25, 0.3) is 0 Å². The molecule has 4 nitrogen and oxygen atoms in total. The fourth-order valence-corrected chi connectivity index (χ4v) is 2.08. The zero-order chi connectivity index (χ0) is 16.5. The molecular weight excluding hydrogens is 266 g/mol. The van der Waals surface area contributed by atoms with E-state index in [-0.39, 0.29) is 5.78 Å². The number of Topliss-reactive ketones (excluding diaryl/α,β-unsaturated/α-hetero) is 1. The molecule has 1 saturated heterocycles. The predicted octanol–water partition coefficient (Wildman–Crippen LogP) is 3.54. The first-order valence-corrected chi connectivity index (χ1v) is 8.54. The van der Waals surface area contributed by atoms with Gasteiger partial charge in [0.15, 0.2) is 0 Å². The topological polar surface area (TPSA) is 38.8 Å².